The van der Waals surface area contributed by atoms with Crippen LogP contribution in [0.4, 0.5) is 4.39 Å². The van der Waals surface area contributed by atoms with Gasteiger partial charge in [0.05, 0.1) is 9.26 Å². The fraction of sp³-hybridized carbons (Fsp3) is 0.0667. The SMILES string of the molecule is CC(=O)c1ccc(-c2nn(-c3ccc(F)cc3)cc2I)nn1. The van der Waals surface area contributed by atoms with Gasteiger partial charge in [-0.25, -0.2) is 9.07 Å². The van der Waals surface area contributed by atoms with Crippen molar-refractivity contribution < 1.29 is 9.18 Å². The van der Waals surface area contributed by atoms with Crippen LogP contribution < -0.4 is 0 Å². The van der Waals surface area contributed by atoms with Gasteiger partial charge in [0, 0.05) is 13.1 Å². The highest BCUT2D eigenvalue weighted by Gasteiger charge is 2.13. The van der Waals surface area contributed by atoms with E-state index in [-0.39, 0.29) is 11.6 Å². The molecule has 0 aliphatic heterocycles. The predicted octanol–water partition coefficient (Wildman–Crippen LogP) is 3.28. The molecular weight excluding hydrogens is 398 g/mol. The van der Waals surface area contributed by atoms with Crippen molar-refractivity contribution in [2.75, 3.05) is 0 Å². The molecule has 1 aromatic carbocycles. The molecule has 0 saturated carbocycles. The summed E-state index contributed by atoms with van der Waals surface area (Å²) in [6, 6.07) is 9.39. The van der Waals surface area contributed by atoms with Gasteiger partial charge in [-0.2, -0.15) is 5.10 Å². The largest absolute Gasteiger partial charge is 0.293 e. The van der Waals surface area contributed by atoms with E-state index in [1.54, 1.807) is 28.9 Å². The monoisotopic (exact) mass is 408 g/mol. The Morgan fingerprint density at radius 3 is 2.45 bits per heavy atom. The molecule has 5 nitrogen and oxygen atoms in total. The summed E-state index contributed by atoms with van der Waals surface area (Å²) in [5, 5.41) is 12.4. The number of halogens is 2. The van der Waals surface area contributed by atoms with Gasteiger partial charge in [0.2, 0.25) is 0 Å². The molecule has 7 heteroatoms. The minimum Gasteiger partial charge on any atom is -0.293 e. The fourth-order valence-corrected chi connectivity index (χ4v) is 2.55. The lowest BCUT2D eigenvalue weighted by molar-refractivity contribution is 0.101. The van der Waals surface area contributed by atoms with E-state index in [9.17, 15) is 9.18 Å². The first-order valence-electron chi connectivity index (χ1n) is 6.41. The topological polar surface area (TPSA) is 60.7 Å². The maximum absolute atomic E-state index is 13.0. The molecule has 0 N–H and O–H groups in total. The van der Waals surface area contributed by atoms with Crippen LogP contribution in [0.15, 0.2) is 42.6 Å². The molecule has 2 aromatic heterocycles. The van der Waals surface area contributed by atoms with Crippen LogP contribution in [-0.4, -0.2) is 25.8 Å². The van der Waals surface area contributed by atoms with Crippen LogP contribution in [0.2, 0.25) is 0 Å². The van der Waals surface area contributed by atoms with E-state index in [0.717, 1.165) is 9.26 Å². The number of carbonyl (C=O) groups excluding carboxylic acids is 1. The Labute approximate surface area is 139 Å². The summed E-state index contributed by atoms with van der Waals surface area (Å²) in [7, 11) is 0. The first-order valence-corrected chi connectivity index (χ1v) is 7.48. The Hall–Kier alpha value is -2.16. The van der Waals surface area contributed by atoms with E-state index in [1.165, 1.54) is 19.1 Å². The Morgan fingerprint density at radius 1 is 1.14 bits per heavy atom. The van der Waals surface area contributed by atoms with Crippen LogP contribution in [0, 0.1) is 9.39 Å². The first kappa shape index (κ1) is 14.8. The van der Waals surface area contributed by atoms with Gasteiger partial charge in [0.1, 0.15) is 22.9 Å². The molecule has 0 aliphatic carbocycles. The van der Waals surface area contributed by atoms with E-state index in [2.05, 4.69) is 37.9 Å². The van der Waals surface area contributed by atoms with E-state index in [1.807, 2.05) is 6.20 Å². The van der Waals surface area contributed by atoms with Gasteiger partial charge in [0.25, 0.3) is 0 Å². The number of ketones is 1. The van der Waals surface area contributed by atoms with Gasteiger partial charge in [-0.05, 0) is 59.0 Å². The van der Waals surface area contributed by atoms with Gasteiger partial charge in [-0.3, -0.25) is 4.79 Å². The fourth-order valence-electron chi connectivity index (χ4n) is 1.90. The molecular formula is C15H10FIN4O. The Balaban J connectivity index is 1.98. The molecule has 0 saturated heterocycles. The molecule has 0 unspecified atom stereocenters. The van der Waals surface area contributed by atoms with Gasteiger partial charge in [-0.1, -0.05) is 0 Å². The molecule has 0 atom stereocenters. The summed E-state index contributed by atoms with van der Waals surface area (Å²) < 4.78 is 15.5. The average Bonchev–Trinajstić information content (AvgIpc) is 2.90. The van der Waals surface area contributed by atoms with Crippen LogP contribution in [0.3, 0.4) is 0 Å². The lowest BCUT2D eigenvalue weighted by Crippen LogP contribution is -2.00. The summed E-state index contributed by atoms with van der Waals surface area (Å²) in [5.41, 5.74) is 2.30. The molecule has 0 bridgehead atoms. The summed E-state index contributed by atoms with van der Waals surface area (Å²) >= 11 is 2.15. The van der Waals surface area contributed by atoms with Crippen LogP contribution >= 0.6 is 22.6 Å². The first-order chi connectivity index (χ1) is 10.5. The molecule has 0 radical (unpaired) electrons. The molecule has 22 heavy (non-hydrogen) atoms. The maximum atomic E-state index is 13.0. The third kappa shape index (κ3) is 2.89. The number of aromatic nitrogens is 4. The van der Waals surface area contributed by atoms with Gasteiger partial charge >= 0.3 is 0 Å². The Kier molecular flexibility index (Phi) is 3.97. The van der Waals surface area contributed by atoms with Crippen molar-refractivity contribution in [3.63, 3.8) is 0 Å². The highest BCUT2D eigenvalue weighted by atomic mass is 127. The van der Waals surface area contributed by atoms with E-state index in [4.69, 9.17) is 0 Å². The zero-order valence-corrected chi connectivity index (χ0v) is 13.7. The minimum atomic E-state index is -0.295. The number of carbonyl (C=O) groups is 1. The van der Waals surface area contributed by atoms with Crippen molar-refractivity contribution in [2.24, 2.45) is 0 Å². The minimum absolute atomic E-state index is 0.134. The van der Waals surface area contributed by atoms with Crippen LogP contribution in [0.5, 0.6) is 0 Å². The molecule has 0 aliphatic rings. The third-order valence-electron chi connectivity index (χ3n) is 3.03. The number of nitrogens with zero attached hydrogens (tertiary/aromatic N) is 4. The lowest BCUT2D eigenvalue weighted by atomic mass is 10.2. The van der Waals surface area contributed by atoms with Crippen LogP contribution in [0.25, 0.3) is 17.1 Å². The molecule has 0 amide bonds. The molecule has 0 fully saturated rings. The van der Waals surface area contributed by atoms with Crippen LogP contribution in [-0.2, 0) is 0 Å². The molecule has 3 rings (SSSR count). The zero-order chi connectivity index (χ0) is 15.7. The average molecular weight is 408 g/mol. The van der Waals surface area contributed by atoms with Crippen molar-refractivity contribution in [3.8, 4) is 17.1 Å². The van der Waals surface area contributed by atoms with Gasteiger partial charge in [-0.15, -0.1) is 10.2 Å². The second-order valence-electron chi connectivity index (χ2n) is 4.61. The predicted molar refractivity (Wildman–Crippen MR) is 87.3 cm³/mol. The van der Waals surface area contributed by atoms with Crippen molar-refractivity contribution >= 4 is 28.4 Å². The van der Waals surface area contributed by atoms with Crippen LogP contribution in [0.1, 0.15) is 17.4 Å². The van der Waals surface area contributed by atoms with Crippen molar-refractivity contribution in [2.45, 2.75) is 6.92 Å². The second-order valence-corrected chi connectivity index (χ2v) is 5.77. The summed E-state index contributed by atoms with van der Waals surface area (Å²) in [6.45, 7) is 1.44. The third-order valence-corrected chi connectivity index (χ3v) is 3.82. The van der Waals surface area contributed by atoms with E-state index in [0.29, 0.717) is 17.1 Å². The molecule has 110 valence electrons. The van der Waals surface area contributed by atoms with Gasteiger partial charge in [0.15, 0.2) is 5.78 Å². The standard InChI is InChI=1S/C15H10FIN4O/c1-9(22)13-6-7-14(19-18-13)15-12(17)8-21(20-15)11-4-2-10(16)3-5-11/h2-8H,1H3. The number of hydrogen-bond donors (Lipinski definition) is 0. The number of Topliss-reactive ketones (excluding diaryl/α,β-unsaturated/α-hetero) is 1. The number of hydrogen-bond acceptors (Lipinski definition) is 4. The maximum Gasteiger partial charge on any atom is 0.180 e. The van der Waals surface area contributed by atoms with Crippen molar-refractivity contribution in [1.82, 2.24) is 20.0 Å². The smallest absolute Gasteiger partial charge is 0.180 e. The lowest BCUT2D eigenvalue weighted by Gasteiger charge is -2.00. The van der Waals surface area contributed by atoms with Gasteiger partial charge < -0.3 is 0 Å². The highest BCUT2D eigenvalue weighted by molar-refractivity contribution is 14.1. The molecule has 0 spiro atoms. The quantitative estimate of drug-likeness (QED) is 0.493. The normalized spacial score (nSPS) is 10.7. The zero-order valence-electron chi connectivity index (χ0n) is 11.5. The summed E-state index contributed by atoms with van der Waals surface area (Å²) in [6.07, 6.45) is 1.82. The molecule has 3 aromatic rings. The van der Waals surface area contributed by atoms with Crippen molar-refractivity contribution in [3.05, 3.63) is 57.7 Å². The van der Waals surface area contributed by atoms with Crippen molar-refractivity contribution in [1.29, 1.82) is 0 Å². The summed E-state index contributed by atoms with van der Waals surface area (Å²) in [4.78, 5) is 11.2. The van der Waals surface area contributed by atoms with E-state index < -0.39 is 0 Å². The number of rotatable bonds is 3. The molecule has 2 heterocycles. The highest BCUT2D eigenvalue weighted by Crippen LogP contribution is 2.23. The Bertz CT molecular complexity index is 828. The summed E-state index contributed by atoms with van der Waals surface area (Å²) in [5.74, 6) is -0.429. The Morgan fingerprint density at radius 2 is 1.86 bits per heavy atom. The number of benzene rings is 1. The van der Waals surface area contributed by atoms with E-state index >= 15 is 0 Å². The second kappa shape index (κ2) is 5.91.